The van der Waals surface area contributed by atoms with E-state index in [2.05, 4.69) is 47.0 Å². The molecule has 0 aliphatic heterocycles. The Morgan fingerprint density at radius 1 is 1.10 bits per heavy atom. The van der Waals surface area contributed by atoms with Crippen molar-refractivity contribution in [3.63, 3.8) is 0 Å². The SMILES string of the molecule is Cc1c(NC(=O)c2ccc(C(C)(C)C)cc2)cccc1-c1c[nH]c(=O)c(CBr)c1. The normalized spacial score (nSPS) is 11.3. The summed E-state index contributed by atoms with van der Waals surface area (Å²) in [6.45, 7) is 8.41. The molecule has 0 aliphatic rings. The van der Waals surface area contributed by atoms with Crippen molar-refractivity contribution in [1.82, 2.24) is 4.98 Å². The summed E-state index contributed by atoms with van der Waals surface area (Å²) >= 11 is 3.35. The number of carbonyl (C=O) groups is 1. The highest BCUT2D eigenvalue weighted by Crippen LogP contribution is 2.29. The lowest BCUT2D eigenvalue weighted by Crippen LogP contribution is -2.15. The topological polar surface area (TPSA) is 62.0 Å². The second kappa shape index (κ2) is 8.37. The van der Waals surface area contributed by atoms with Gasteiger partial charge in [0.15, 0.2) is 0 Å². The van der Waals surface area contributed by atoms with Crippen molar-refractivity contribution in [2.24, 2.45) is 0 Å². The Morgan fingerprint density at radius 2 is 1.79 bits per heavy atom. The van der Waals surface area contributed by atoms with E-state index in [1.807, 2.05) is 55.5 Å². The van der Waals surface area contributed by atoms with Gasteiger partial charge in [0.1, 0.15) is 0 Å². The third kappa shape index (κ3) is 4.67. The van der Waals surface area contributed by atoms with E-state index in [-0.39, 0.29) is 16.9 Å². The van der Waals surface area contributed by atoms with Crippen LogP contribution in [0.15, 0.2) is 59.5 Å². The Labute approximate surface area is 179 Å². The van der Waals surface area contributed by atoms with Gasteiger partial charge in [0.2, 0.25) is 0 Å². The summed E-state index contributed by atoms with van der Waals surface area (Å²) in [4.78, 5) is 27.4. The highest BCUT2D eigenvalue weighted by Gasteiger charge is 2.15. The van der Waals surface area contributed by atoms with Crippen LogP contribution in [-0.2, 0) is 10.7 Å². The molecule has 1 aromatic heterocycles. The van der Waals surface area contributed by atoms with E-state index in [0.717, 1.165) is 22.4 Å². The smallest absolute Gasteiger partial charge is 0.255 e. The van der Waals surface area contributed by atoms with E-state index in [0.29, 0.717) is 16.5 Å². The maximum Gasteiger partial charge on any atom is 0.255 e. The number of rotatable bonds is 4. The van der Waals surface area contributed by atoms with Crippen molar-refractivity contribution in [1.29, 1.82) is 0 Å². The predicted octanol–water partition coefficient (Wildman–Crippen LogP) is 5.80. The van der Waals surface area contributed by atoms with Gasteiger partial charge in [-0.1, -0.05) is 61.0 Å². The molecular formula is C24H25BrN2O2. The minimum Gasteiger partial charge on any atom is -0.328 e. The average Bonchev–Trinajstić information content (AvgIpc) is 2.69. The van der Waals surface area contributed by atoms with Gasteiger partial charge in [0.25, 0.3) is 11.5 Å². The largest absolute Gasteiger partial charge is 0.328 e. The standard InChI is InChI=1S/C24H25BrN2O2/c1-15-20(18-12-17(13-25)22(28)26-14-18)6-5-7-21(15)27-23(29)16-8-10-19(11-9-16)24(2,3)4/h5-12,14H,13H2,1-4H3,(H,26,28)(H,27,29). The molecular weight excluding hydrogens is 428 g/mol. The lowest BCUT2D eigenvalue weighted by molar-refractivity contribution is 0.102. The first-order valence-electron chi connectivity index (χ1n) is 9.50. The highest BCUT2D eigenvalue weighted by molar-refractivity contribution is 9.08. The molecule has 0 saturated carbocycles. The Kier molecular flexibility index (Phi) is 6.08. The second-order valence-electron chi connectivity index (χ2n) is 8.14. The molecule has 2 aromatic carbocycles. The number of amides is 1. The van der Waals surface area contributed by atoms with Gasteiger partial charge in [-0.15, -0.1) is 0 Å². The summed E-state index contributed by atoms with van der Waals surface area (Å²) in [7, 11) is 0. The quantitative estimate of drug-likeness (QED) is 0.491. The first-order chi connectivity index (χ1) is 13.7. The van der Waals surface area contributed by atoms with Gasteiger partial charge in [-0.3, -0.25) is 9.59 Å². The minimum absolute atomic E-state index is 0.0462. The third-order valence-electron chi connectivity index (χ3n) is 5.03. The molecule has 0 fully saturated rings. The molecule has 3 aromatic rings. The Bertz CT molecular complexity index is 1090. The van der Waals surface area contributed by atoms with E-state index in [9.17, 15) is 9.59 Å². The molecule has 0 radical (unpaired) electrons. The summed E-state index contributed by atoms with van der Waals surface area (Å²) in [6, 6.07) is 15.4. The molecule has 0 bridgehead atoms. The zero-order chi connectivity index (χ0) is 21.2. The molecule has 0 atom stereocenters. The Balaban J connectivity index is 1.88. The first kappa shape index (κ1) is 21.1. The van der Waals surface area contributed by atoms with Crippen molar-refractivity contribution in [3.05, 3.63) is 87.3 Å². The number of benzene rings is 2. The van der Waals surface area contributed by atoms with Crippen molar-refractivity contribution in [2.75, 3.05) is 5.32 Å². The number of aromatic amines is 1. The van der Waals surface area contributed by atoms with Crippen molar-refractivity contribution >= 4 is 27.5 Å². The third-order valence-corrected chi connectivity index (χ3v) is 5.63. The van der Waals surface area contributed by atoms with Crippen molar-refractivity contribution in [3.8, 4) is 11.1 Å². The van der Waals surface area contributed by atoms with Crippen LogP contribution >= 0.6 is 15.9 Å². The number of pyridine rings is 1. The van der Waals surface area contributed by atoms with Crippen LogP contribution in [0.25, 0.3) is 11.1 Å². The maximum absolute atomic E-state index is 12.8. The summed E-state index contributed by atoms with van der Waals surface area (Å²) in [6.07, 6.45) is 1.70. The Hall–Kier alpha value is -2.66. The molecule has 3 rings (SSSR count). The van der Waals surface area contributed by atoms with Crippen LogP contribution in [0.3, 0.4) is 0 Å². The molecule has 0 aliphatic carbocycles. The number of hydrogen-bond donors (Lipinski definition) is 2. The van der Waals surface area contributed by atoms with E-state index in [1.165, 1.54) is 5.56 Å². The number of hydrogen-bond acceptors (Lipinski definition) is 2. The summed E-state index contributed by atoms with van der Waals surface area (Å²) < 4.78 is 0. The summed E-state index contributed by atoms with van der Waals surface area (Å²) in [5.74, 6) is -0.145. The van der Waals surface area contributed by atoms with Gasteiger partial charge in [-0.05, 0) is 58.9 Å². The van der Waals surface area contributed by atoms with E-state index in [4.69, 9.17) is 0 Å². The van der Waals surface area contributed by atoms with Gasteiger partial charge in [-0.25, -0.2) is 0 Å². The first-order valence-corrected chi connectivity index (χ1v) is 10.6. The van der Waals surface area contributed by atoms with Crippen LogP contribution in [0.2, 0.25) is 0 Å². The lowest BCUT2D eigenvalue weighted by Gasteiger charge is -2.19. The Morgan fingerprint density at radius 3 is 2.41 bits per heavy atom. The monoisotopic (exact) mass is 452 g/mol. The van der Waals surface area contributed by atoms with E-state index in [1.54, 1.807) is 6.20 Å². The predicted molar refractivity (Wildman–Crippen MR) is 123 cm³/mol. The average molecular weight is 453 g/mol. The van der Waals surface area contributed by atoms with Gasteiger partial charge in [0.05, 0.1) is 0 Å². The summed E-state index contributed by atoms with van der Waals surface area (Å²) in [5.41, 5.74) is 5.97. The van der Waals surface area contributed by atoms with Crippen molar-refractivity contribution < 1.29 is 4.79 Å². The zero-order valence-corrected chi connectivity index (χ0v) is 18.7. The number of anilines is 1. The van der Waals surface area contributed by atoms with Gasteiger partial charge < -0.3 is 10.3 Å². The fourth-order valence-corrected chi connectivity index (χ4v) is 3.60. The highest BCUT2D eigenvalue weighted by atomic mass is 79.9. The van der Waals surface area contributed by atoms with Gasteiger partial charge >= 0.3 is 0 Å². The van der Waals surface area contributed by atoms with Gasteiger partial charge in [-0.2, -0.15) is 0 Å². The van der Waals surface area contributed by atoms with Crippen molar-refractivity contribution in [2.45, 2.75) is 38.4 Å². The molecule has 0 saturated heterocycles. The molecule has 0 unspecified atom stereocenters. The number of aromatic nitrogens is 1. The van der Waals surface area contributed by atoms with Crippen LogP contribution < -0.4 is 10.9 Å². The van der Waals surface area contributed by atoms with Gasteiger partial charge in [0, 0.05) is 28.3 Å². The van der Waals surface area contributed by atoms with Crippen LogP contribution in [0.5, 0.6) is 0 Å². The molecule has 150 valence electrons. The lowest BCUT2D eigenvalue weighted by atomic mass is 9.86. The molecule has 5 heteroatoms. The minimum atomic E-state index is -0.145. The second-order valence-corrected chi connectivity index (χ2v) is 8.70. The zero-order valence-electron chi connectivity index (χ0n) is 17.1. The molecule has 2 N–H and O–H groups in total. The molecule has 0 spiro atoms. The number of carbonyl (C=O) groups excluding carboxylic acids is 1. The van der Waals surface area contributed by atoms with Crippen LogP contribution in [0.1, 0.15) is 47.8 Å². The van der Waals surface area contributed by atoms with Crippen LogP contribution in [-0.4, -0.2) is 10.9 Å². The van der Waals surface area contributed by atoms with E-state index >= 15 is 0 Å². The van der Waals surface area contributed by atoms with E-state index < -0.39 is 0 Å². The molecule has 4 nitrogen and oxygen atoms in total. The summed E-state index contributed by atoms with van der Waals surface area (Å²) in [5, 5.41) is 3.50. The fraction of sp³-hybridized carbons (Fsp3) is 0.250. The number of halogens is 1. The van der Waals surface area contributed by atoms with Crippen LogP contribution in [0, 0.1) is 6.92 Å². The number of nitrogens with one attached hydrogen (secondary N) is 2. The molecule has 1 amide bonds. The number of alkyl halides is 1. The fourth-order valence-electron chi connectivity index (χ4n) is 3.19. The van der Waals surface area contributed by atoms with Crippen LogP contribution in [0.4, 0.5) is 5.69 Å². The number of H-pyrrole nitrogens is 1. The molecule has 1 heterocycles. The molecule has 29 heavy (non-hydrogen) atoms. The maximum atomic E-state index is 12.8.